The summed E-state index contributed by atoms with van der Waals surface area (Å²) in [6.45, 7) is 11.3. The lowest BCUT2D eigenvalue weighted by Crippen LogP contribution is -2.36. The van der Waals surface area contributed by atoms with Gasteiger partial charge in [0.05, 0.1) is 12.7 Å². The van der Waals surface area contributed by atoms with Crippen LogP contribution in [0.1, 0.15) is 259 Å². The molecule has 1 aliphatic rings. The van der Waals surface area contributed by atoms with Gasteiger partial charge in [0.2, 0.25) is 0 Å². The van der Waals surface area contributed by atoms with E-state index in [1.807, 2.05) is 0 Å². The molecule has 1 fully saturated rings. The van der Waals surface area contributed by atoms with E-state index in [2.05, 4.69) is 50.5 Å². The topological polar surface area (TPSA) is 91.4 Å². The molecule has 0 heterocycles. The van der Waals surface area contributed by atoms with Crippen molar-refractivity contribution in [3.05, 3.63) is 0 Å². The van der Waals surface area contributed by atoms with Crippen LogP contribution in [0.2, 0.25) is 0 Å². The maximum absolute atomic E-state index is 14.6. The standard InChI is InChI=1S/C52H101BrNO7P/c1-7-9-11-13-15-17-19-21-23-25-27-29-31-33-35-37-51(55)58-44-48(60-52(56)38-36-34-32-30-28-26-24-22-20-18-16-14-12-10-8-2)45-59-62(57,54(6)42-41-53)61-50-43-47(5)39-40-49(50)46(3)4/h46-50H,7-45H2,1-6H3/t47-,48+,49+,50-,62?/m1/s1. The van der Waals surface area contributed by atoms with Crippen LogP contribution >= 0.6 is 23.7 Å². The van der Waals surface area contributed by atoms with Gasteiger partial charge in [-0.3, -0.25) is 18.6 Å². The molecule has 5 atom stereocenters. The highest BCUT2D eigenvalue weighted by Gasteiger charge is 2.41. The van der Waals surface area contributed by atoms with Gasteiger partial charge in [0.25, 0.3) is 0 Å². The fourth-order valence-corrected chi connectivity index (χ4v) is 11.4. The second-order valence-electron chi connectivity index (χ2n) is 19.5. The molecular formula is C52H101BrNO7P. The van der Waals surface area contributed by atoms with Crippen LogP contribution in [0.4, 0.5) is 0 Å². The number of rotatable bonds is 44. The first kappa shape index (κ1) is 59.5. The number of carbonyl (C=O) groups is 2. The Bertz CT molecular complexity index is 1100. The van der Waals surface area contributed by atoms with E-state index < -0.39 is 13.9 Å². The van der Waals surface area contributed by atoms with E-state index in [1.165, 1.54) is 154 Å². The van der Waals surface area contributed by atoms with Crippen LogP contribution in [0.5, 0.6) is 0 Å². The molecule has 0 saturated heterocycles. The number of hydrogen-bond acceptors (Lipinski definition) is 7. The molecule has 0 aliphatic heterocycles. The van der Waals surface area contributed by atoms with Crippen LogP contribution in [0.15, 0.2) is 0 Å². The van der Waals surface area contributed by atoms with E-state index in [0.717, 1.165) is 57.8 Å². The summed E-state index contributed by atoms with van der Waals surface area (Å²) in [5.41, 5.74) is 0. The first-order valence-electron chi connectivity index (χ1n) is 26.6. The third-order valence-electron chi connectivity index (χ3n) is 13.2. The molecule has 368 valence electrons. The number of esters is 2. The Morgan fingerprint density at radius 1 is 0.613 bits per heavy atom. The molecule has 10 heteroatoms. The van der Waals surface area contributed by atoms with Gasteiger partial charge in [-0.15, -0.1) is 0 Å². The van der Waals surface area contributed by atoms with Gasteiger partial charge in [-0.25, -0.2) is 9.24 Å². The Balaban J connectivity index is 2.59. The van der Waals surface area contributed by atoms with Gasteiger partial charge < -0.3 is 9.47 Å². The number of hydrogen-bond donors (Lipinski definition) is 0. The maximum Gasteiger partial charge on any atom is 0.408 e. The van der Waals surface area contributed by atoms with E-state index >= 15 is 0 Å². The van der Waals surface area contributed by atoms with E-state index in [0.29, 0.717) is 36.6 Å². The highest BCUT2D eigenvalue weighted by atomic mass is 79.9. The van der Waals surface area contributed by atoms with Gasteiger partial charge in [-0.05, 0) is 50.5 Å². The molecular weight excluding hydrogens is 861 g/mol. The monoisotopic (exact) mass is 962 g/mol. The Morgan fingerprint density at radius 2 is 1.02 bits per heavy atom. The Hall–Kier alpha value is -0.470. The Labute approximate surface area is 392 Å². The molecule has 0 radical (unpaired) electrons. The highest BCUT2D eigenvalue weighted by Crippen LogP contribution is 2.55. The second-order valence-corrected chi connectivity index (χ2v) is 22.4. The molecule has 0 aromatic heterocycles. The minimum atomic E-state index is -3.77. The van der Waals surface area contributed by atoms with Gasteiger partial charge in [0, 0.05) is 24.7 Å². The zero-order chi connectivity index (χ0) is 45.5. The molecule has 1 aliphatic carbocycles. The fourth-order valence-electron chi connectivity index (χ4n) is 8.94. The van der Waals surface area contributed by atoms with Crippen molar-refractivity contribution in [2.45, 2.75) is 272 Å². The molecule has 0 bridgehead atoms. The van der Waals surface area contributed by atoms with Gasteiger partial charge in [-0.1, -0.05) is 237 Å². The second kappa shape index (κ2) is 40.8. The molecule has 0 aromatic rings. The summed E-state index contributed by atoms with van der Waals surface area (Å²) in [6, 6.07) is 0. The van der Waals surface area contributed by atoms with Crippen LogP contribution in [-0.4, -0.2) is 61.0 Å². The van der Waals surface area contributed by atoms with E-state index in [-0.39, 0.29) is 37.2 Å². The zero-order valence-corrected chi connectivity index (χ0v) is 44.1. The lowest BCUT2D eigenvalue weighted by atomic mass is 9.75. The van der Waals surface area contributed by atoms with Crippen LogP contribution in [0, 0.1) is 17.8 Å². The van der Waals surface area contributed by atoms with Crippen molar-refractivity contribution in [3.63, 3.8) is 0 Å². The van der Waals surface area contributed by atoms with Gasteiger partial charge in [-0.2, -0.15) is 0 Å². The SMILES string of the molecule is CCCCCCCCCCCCCCCCCC(=O)OC[C@@H](COP(=O)(O[C@@H]1C[C@H](C)CC[C@H]1C(C)C)N(C)CCBr)OC(=O)CCCCCCCCCCCCCCCCC. The van der Waals surface area contributed by atoms with E-state index in [4.69, 9.17) is 18.5 Å². The summed E-state index contributed by atoms with van der Waals surface area (Å²) in [4.78, 5) is 26.0. The molecule has 1 rings (SSSR count). The molecule has 1 unspecified atom stereocenters. The molecule has 62 heavy (non-hydrogen) atoms. The third kappa shape index (κ3) is 32.2. The minimum Gasteiger partial charge on any atom is -0.462 e. The molecule has 0 N–H and O–H groups in total. The lowest BCUT2D eigenvalue weighted by Gasteiger charge is -2.40. The van der Waals surface area contributed by atoms with Crippen LogP contribution in [-0.2, 0) is 32.7 Å². The van der Waals surface area contributed by atoms with Gasteiger partial charge in [0.1, 0.15) is 6.61 Å². The minimum absolute atomic E-state index is 0.126. The molecule has 8 nitrogen and oxygen atoms in total. The van der Waals surface area contributed by atoms with Crippen LogP contribution < -0.4 is 0 Å². The number of nitrogens with zero attached hydrogens (tertiary/aromatic N) is 1. The predicted octanol–water partition coefficient (Wildman–Crippen LogP) is 16.9. The van der Waals surface area contributed by atoms with Crippen molar-refractivity contribution >= 4 is 35.6 Å². The normalized spacial score (nSPS) is 18.3. The van der Waals surface area contributed by atoms with Crippen LogP contribution in [0.3, 0.4) is 0 Å². The lowest BCUT2D eigenvalue weighted by molar-refractivity contribution is -0.161. The average Bonchev–Trinajstić information content (AvgIpc) is 3.24. The van der Waals surface area contributed by atoms with Crippen molar-refractivity contribution in [2.75, 3.05) is 32.1 Å². The smallest absolute Gasteiger partial charge is 0.408 e. The summed E-state index contributed by atoms with van der Waals surface area (Å²) in [5, 5.41) is 0.601. The molecule has 0 aromatic carbocycles. The Morgan fingerprint density at radius 3 is 1.42 bits per heavy atom. The fraction of sp³-hybridized carbons (Fsp3) is 0.962. The average molecular weight is 963 g/mol. The first-order valence-corrected chi connectivity index (χ1v) is 29.2. The quantitative estimate of drug-likeness (QED) is 0.0258. The van der Waals surface area contributed by atoms with Crippen molar-refractivity contribution in [2.24, 2.45) is 17.8 Å². The molecule has 0 amide bonds. The van der Waals surface area contributed by atoms with E-state index in [9.17, 15) is 14.2 Å². The van der Waals surface area contributed by atoms with Crippen molar-refractivity contribution in [1.82, 2.24) is 4.67 Å². The summed E-state index contributed by atoms with van der Waals surface area (Å²) in [5.74, 6) is 0.513. The maximum atomic E-state index is 14.6. The van der Waals surface area contributed by atoms with Crippen molar-refractivity contribution < 1.29 is 32.7 Å². The number of unbranched alkanes of at least 4 members (excludes halogenated alkanes) is 28. The summed E-state index contributed by atoms with van der Waals surface area (Å²) < 4.78 is 40.5. The van der Waals surface area contributed by atoms with E-state index in [1.54, 1.807) is 11.7 Å². The van der Waals surface area contributed by atoms with Crippen molar-refractivity contribution in [3.8, 4) is 0 Å². The van der Waals surface area contributed by atoms with Gasteiger partial charge >= 0.3 is 19.7 Å². The first-order chi connectivity index (χ1) is 30.1. The number of alkyl halides is 1. The molecule has 1 saturated carbocycles. The summed E-state index contributed by atoms with van der Waals surface area (Å²) in [7, 11) is -2.01. The zero-order valence-electron chi connectivity index (χ0n) is 41.6. The predicted molar refractivity (Wildman–Crippen MR) is 266 cm³/mol. The van der Waals surface area contributed by atoms with Crippen LogP contribution in [0.25, 0.3) is 0 Å². The highest BCUT2D eigenvalue weighted by molar-refractivity contribution is 9.09. The largest absolute Gasteiger partial charge is 0.462 e. The van der Waals surface area contributed by atoms with Crippen molar-refractivity contribution in [1.29, 1.82) is 0 Å². The molecule has 0 spiro atoms. The number of halogens is 1. The Kier molecular flexibility index (Phi) is 39.2. The summed E-state index contributed by atoms with van der Waals surface area (Å²) >= 11 is 3.49. The number of ether oxygens (including phenoxy) is 2. The van der Waals surface area contributed by atoms with Gasteiger partial charge in [0.15, 0.2) is 6.10 Å². The number of carbonyl (C=O) groups excluding carboxylic acids is 2. The summed E-state index contributed by atoms with van der Waals surface area (Å²) in [6.07, 6.45) is 40.5. The third-order valence-corrected chi connectivity index (χ3v) is 15.6.